The third-order valence-corrected chi connectivity index (χ3v) is 7.67. The minimum atomic E-state index is -3.60. The fourth-order valence-electron chi connectivity index (χ4n) is 4.13. The van der Waals surface area contributed by atoms with Crippen LogP contribution in [-0.2, 0) is 10.0 Å². The second kappa shape index (κ2) is 9.24. The van der Waals surface area contributed by atoms with Crippen LogP contribution in [0.15, 0.2) is 23.1 Å². The van der Waals surface area contributed by atoms with E-state index in [-0.39, 0.29) is 16.4 Å². The van der Waals surface area contributed by atoms with E-state index >= 15 is 0 Å². The zero-order valence-corrected chi connectivity index (χ0v) is 17.6. The van der Waals surface area contributed by atoms with Gasteiger partial charge in [0, 0.05) is 25.7 Å². The van der Waals surface area contributed by atoms with Crippen LogP contribution in [0, 0.1) is 0 Å². The van der Waals surface area contributed by atoms with Crippen molar-refractivity contribution >= 4 is 15.9 Å². The number of likely N-dealkylation sites (tertiary alicyclic amines) is 1. The third-order valence-electron chi connectivity index (χ3n) is 5.77. The second-order valence-corrected chi connectivity index (χ2v) is 9.40. The van der Waals surface area contributed by atoms with Crippen LogP contribution in [0.25, 0.3) is 0 Å². The molecular formula is C20H31N3O4S. The monoisotopic (exact) mass is 409 g/mol. The van der Waals surface area contributed by atoms with E-state index in [1.54, 1.807) is 6.07 Å². The maximum Gasteiger partial charge on any atom is 0.255 e. The van der Waals surface area contributed by atoms with E-state index < -0.39 is 10.0 Å². The number of hydrogen-bond acceptors (Lipinski definition) is 5. The van der Waals surface area contributed by atoms with Crippen LogP contribution >= 0.6 is 0 Å². The van der Waals surface area contributed by atoms with Gasteiger partial charge in [-0.1, -0.05) is 13.3 Å². The first-order valence-corrected chi connectivity index (χ1v) is 11.6. The average molecular weight is 410 g/mol. The smallest absolute Gasteiger partial charge is 0.255 e. The van der Waals surface area contributed by atoms with Gasteiger partial charge in [-0.05, 0) is 57.0 Å². The lowest BCUT2D eigenvalue weighted by Gasteiger charge is -2.26. The standard InChI is InChI=1S/C20H31N3O4S/c1-3-22-11-7-8-16(22)15-21-20(24)18-14-17(9-10-19(18)27-2)28(25,26)23-12-5-4-6-13-23/h9-10,14,16H,3-8,11-13,15H2,1-2H3,(H,21,24)/t16-/m0/s1. The Morgan fingerprint density at radius 3 is 2.61 bits per heavy atom. The Labute approximate surface area is 168 Å². The molecule has 1 N–H and O–H groups in total. The summed E-state index contributed by atoms with van der Waals surface area (Å²) in [5.41, 5.74) is 0.265. The van der Waals surface area contributed by atoms with E-state index in [9.17, 15) is 13.2 Å². The molecule has 1 aromatic rings. The van der Waals surface area contributed by atoms with Gasteiger partial charge in [0.25, 0.3) is 5.91 Å². The molecule has 2 aliphatic heterocycles. The summed E-state index contributed by atoms with van der Waals surface area (Å²) < 4.78 is 32.7. The summed E-state index contributed by atoms with van der Waals surface area (Å²) in [6, 6.07) is 4.87. The summed E-state index contributed by atoms with van der Waals surface area (Å²) >= 11 is 0. The zero-order chi connectivity index (χ0) is 20.1. The van der Waals surface area contributed by atoms with Gasteiger partial charge in [-0.3, -0.25) is 9.69 Å². The van der Waals surface area contributed by atoms with Crippen LogP contribution in [0.4, 0.5) is 0 Å². The van der Waals surface area contributed by atoms with Gasteiger partial charge in [0.2, 0.25) is 10.0 Å². The van der Waals surface area contributed by atoms with E-state index in [4.69, 9.17) is 4.74 Å². The molecule has 7 nitrogen and oxygen atoms in total. The summed E-state index contributed by atoms with van der Waals surface area (Å²) in [6.45, 7) is 5.77. The van der Waals surface area contributed by atoms with E-state index in [1.165, 1.54) is 23.5 Å². The first-order valence-electron chi connectivity index (χ1n) is 10.2. The molecule has 2 aliphatic rings. The molecule has 1 atom stereocenters. The van der Waals surface area contributed by atoms with E-state index in [0.29, 0.717) is 31.4 Å². The van der Waals surface area contributed by atoms with E-state index in [1.807, 2.05) is 0 Å². The normalized spacial score (nSPS) is 21.6. The van der Waals surface area contributed by atoms with Crippen LogP contribution in [-0.4, -0.2) is 69.4 Å². The topological polar surface area (TPSA) is 79.0 Å². The third kappa shape index (κ3) is 4.50. The molecule has 0 unspecified atom stereocenters. The molecule has 28 heavy (non-hydrogen) atoms. The molecular weight excluding hydrogens is 378 g/mol. The molecule has 0 aromatic heterocycles. The number of hydrogen-bond donors (Lipinski definition) is 1. The Morgan fingerprint density at radius 1 is 1.18 bits per heavy atom. The Morgan fingerprint density at radius 2 is 1.93 bits per heavy atom. The van der Waals surface area contributed by atoms with Crippen molar-refractivity contribution in [1.29, 1.82) is 0 Å². The molecule has 0 bridgehead atoms. The van der Waals surface area contributed by atoms with Crippen molar-refractivity contribution in [2.75, 3.05) is 39.8 Å². The van der Waals surface area contributed by atoms with Crippen LogP contribution in [0.1, 0.15) is 49.4 Å². The number of rotatable bonds is 7. The Hall–Kier alpha value is -1.64. The molecule has 0 saturated carbocycles. The maximum atomic E-state index is 13.0. The SMILES string of the molecule is CCN1CCC[C@H]1CNC(=O)c1cc(S(=O)(=O)N2CCCCC2)ccc1OC. The minimum absolute atomic E-state index is 0.149. The molecule has 0 radical (unpaired) electrons. The lowest BCUT2D eigenvalue weighted by atomic mass is 10.1. The van der Waals surface area contributed by atoms with Crippen molar-refractivity contribution in [2.24, 2.45) is 0 Å². The molecule has 1 aromatic carbocycles. The predicted molar refractivity (Wildman–Crippen MR) is 108 cm³/mol. The number of benzene rings is 1. The van der Waals surface area contributed by atoms with Gasteiger partial charge in [-0.15, -0.1) is 0 Å². The van der Waals surface area contributed by atoms with Crippen LogP contribution < -0.4 is 10.1 Å². The van der Waals surface area contributed by atoms with Crippen molar-refractivity contribution in [3.8, 4) is 5.75 Å². The van der Waals surface area contributed by atoms with Crippen molar-refractivity contribution in [1.82, 2.24) is 14.5 Å². The maximum absolute atomic E-state index is 13.0. The number of sulfonamides is 1. The lowest BCUT2D eigenvalue weighted by molar-refractivity contribution is 0.0938. The van der Waals surface area contributed by atoms with Crippen molar-refractivity contribution in [3.05, 3.63) is 23.8 Å². The number of methoxy groups -OCH3 is 1. The fourth-order valence-corrected chi connectivity index (χ4v) is 5.67. The molecule has 0 spiro atoms. The average Bonchev–Trinajstić information content (AvgIpc) is 3.19. The molecule has 156 valence electrons. The quantitative estimate of drug-likeness (QED) is 0.746. The van der Waals surface area contributed by atoms with Crippen LogP contribution in [0.3, 0.4) is 0 Å². The highest BCUT2D eigenvalue weighted by Gasteiger charge is 2.28. The molecule has 2 fully saturated rings. The molecule has 0 aliphatic carbocycles. The minimum Gasteiger partial charge on any atom is -0.496 e. The fraction of sp³-hybridized carbons (Fsp3) is 0.650. The Bertz CT molecular complexity index is 791. The van der Waals surface area contributed by atoms with Crippen LogP contribution in [0.2, 0.25) is 0 Å². The molecule has 8 heteroatoms. The summed E-state index contributed by atoms with van der Waals surface area (Å²) in [7, 11) is -2.11. The summed E-state index contributed by atoms with van der Waals surface area (Å²) in [4.78, 5) is 15.3. The summed E-state index contributed by atoms with van der Waals surface area (Å²) in [6.07, 6.45) is 5.00. The number of nitrogens with one attached hydrogen (secondary N) is 1. The Balaban J connectivity index is 1.77. The van der Waals surface area contributed by atoms with Gasteiger partial charge in [0.15, 0.2) is 0 Å². The van der Waals surface area contributed by atoms with Crippen molar-refractivity contribution in [2.45, 2.75) is 50.0 Å². The highest BCUT2D eigenvalue weighted by molar-refractivity contribution is 7.89. The summed E-state index contributed by atoms with van der Waals surface area (Å²) in [5.74, 6) is 0.0874. The van der Waals surface area contributed by atoms with Gasteiger partial charge in [0.05, 0.1) is 17.6 Å². The largest absolute Gasteiger partial charge is 0.496 e. The molecule has 3 rings (SSSR count). The highest BCUT2D eigenvalue weighted by atomic mass is 32.2. The van der Waals surface area contributed by atoms with Gasteiger partial charge >= 0.3 is 0 Å². The van der Waals surface area contributed by atoms with E-state index in [2.05, 4.69) is 17.1 Å². The van der Waals surface area contributed by atoms with E-state index in [0.717, 1.165) is 45.2 Å². The zero-order valence-electron chi connectivity index (χ0n) is 16.8. The number of ether oxygens (including phenoxy) is 1. The number of carbonyl (C=O) groups is 1. The number of nitrogens with zero attached hydrogens (tertiary/aromatic N) is 2. The van der Waals surface area contributed by atoms with Gasteiger partial charge in [-0.25, -0.2) is 8.42 Å². The number of carbonyl (C=O) groups excluding carboxylic acids is 1. The van der Waals surface area contributed by atoms with Gasteiger partial charge in [0.1, 0.15) is 5.75 Å². The Kier molecular flexibility index (Phi) is 6.95. The second-order valence-electron chi connectivity index (χ2n) is 7.46. The number of piperidine rings is 1. The first-order chi connectivity index (χ1) is 13.5. The van der Waals surface area contributed by atoms with Gasteiger partial charge < -0.3 is 10.1 Å². The first kappa shape index (κ1) is 21.1. The molecule has 1 amide bonds. The van der Waals surface area contributed by atoms with Gasteiger partial charge in [-0.2, -0.15) is 4.31 Å². The van der Waals surface area contributed by atoms with Crippen molar-refractivity contribution < 1.29 is 17.9 Å². The number of likely N-dealkylation sites (N-methyl/N-ethyl adjacent to an activating group) is 1. The van der Waals surface area contributed by atoms with Crippen LogP contribution in [0.5, 0.6) is 5.75 Å². The molecule has 2 heterocycles. The lowest BCUT2D eigenvalue weighted by Crippen LogP contribution is -2.40. The molecule has 2 saturated heterocycles. The van der Waals surface area contributed by atoms with Crippen molar-refractivity contribution in [3.63, 3.8) is 0 Å². The highest BCUT2D eigenvalue weighted by Crippen LogP contribution is 2.26. The summed E-state index contributed by atoms with van der Waals surface area (Å²) in [5, 5.41) is 2.97. The predicted octanol–water partition coefficient (Wildman–Crippen LogP) is 2.08. The number of amides is 1.